The van der Waals surface area contributed by atoms with Gasteiger partial charge in [0, 0.05) is 49.5 Å². The van der Waals surface area contributed by atoms with Crippen LogP contribution in [-0.2, 0) is 94.1 Å². The molecule has 0 aromatic heterocycles. The summed E-state index contributed by atoms with van der Waals surface area (Å²) in [4.78, 5) is 155. The number of methoxy groups -OCH3 is 4. The van der Waals surface area contributed by atoms with Gasteiger partial charge in [0.15, 0.2) is 23.0 Å². The Morgan fingerprint density at radius 2 is 0.931 bits per heavy atom. The van der Waals surface area contributed by atoms with Gasteiger partial charge in [-0.25, -0.2) is 19.2 Å². The van der Waals surface area contributed by atoms with Crippen LogP contribution in [0.4, 0.5) is 11.4 Å². The van der Waals surface area contributed by atoms with E-state index in [0.29, 0.717) is 96.9 Å². The van der Waals surface area contributed by atoms with Crippen molar-refractivity contribution in [1.29, 1.82) is 0 Å². The van der Waals surface area contributed by atoms with E-state index in [1.807, 2.05) is 24.3 Å². The predicted octanol–water partition coefficient (Wildman–Crippen LogP) is 9.50. The lowest BCUT2D eigenvalue weighted by Crippen LogP contribution is -2.53. The van der Waals surface area contributed by atoms with Gasteiger partial charge in [-0.2, -0.15) is 0 Å². The number of carbonyl (C=O) groups excluding carboxylic acids is 11. The number of ether oxygens (including phenoxy) is 9. The van der Waals surface area contributed by atoms with E-state index in [9.17, 15) is 57.5 Å². The quantitative estimate of drug-likeness (QED) is 0.0125. The fourth-order valence-corrected chi connectivity index (χ4v) is 10.9. The highest BCUT2D eigenvalue weighted by Gasteiger charge is 2.44. The molecule has 4 atom stereocenters. The Kier molecular flexibility index (Phi) is 31.9. The van der Waals surface area contributed by atoms with Crippen LogP contribution >= 0.6 is 0 Å². The predicted molar refractivity (Wildman–Crippen MR) is 369 cm³/mol. The molecular weight excluding hydrogens is 1310 g/mol. The standard InChI is InChI=1S/C39H48N2O11.C36H44N2O11/c1-7-22-50-35(44)20-19-33(42)40-28-13-11-12-27(24-28)30(17-15-26-16-18-31(48-5)32(23-26)49-6)52-38(47)29-14-9-10-21-41(29)37(46)36(45)39(3,4)25-51-34(43)8-2;1-6-32(42)48-22-36(2,3)33(43)34(44)38-19-8-7-12-26(38)35(45)49-27(15-13-23-14-16-28(46-4)29(20-23)47-5)24-10-9-11-25(21-24)37-30(39)17-18-31(40)41/h7-8,11-13,16,18,23-24,29-30H,1-2,9-10,14-15,17,19-22,25H2,3-6H3,(H,40,42);6,9-11,14,16,20-21,26-27H,1,7-8,12-13,15,17-19,22H2,2-5H3,(H,37,39)(H,40,41)/t29-,30+;26-,27+/m00/s1. The number of amides is 4. The zero-order valence-electron chi connectivity index (χ0n) is 58.6. The number of aryl methyl sites for hydroxylation is 2. The van der Waals surface area contributed by atoms with E-state index in [1.54, 1.807) is 67.8 Å². The first-order valence-corrected chi connectivity index (χ1v) is 33.0. The van der Waals surface area contributed by atoms with Crippen LogP contribution in [0.15, 0.2) is 123 Å². The van der Waals surface area contributed by atoms with E-state index in [1.165, 1.54) is 64.9 Å². The van der Waals surface area contributed by atoms with Crippen LogP contribution in [0.2, 0.25) is 0 Å². The minimum atomic E-state index is -1.35. The van der Waals surface area contributed by atoms with Crippen LogP contribution in [0.1, 0.15) is 139 Å². The molecule has 4 aromatic carbocycles. The second kappa shape index (κ2) is 39.8. The molecule has 6 rings (SSSR count). The lowest BCUT2D eigenvalue weighted by Gasteiger charge is -2.36. The van der Waals surface area contributed by atoms with Crippen LogP contribution in [0.25, 0.3) is 0 Å². The van der Waals surface area contributed by atoms with E-state index >= 15 is 0 Å². The number of Topliss-reactive ketones (excluding diaryl/α,β-unsaturated/α-hetero) is 2. The summed E-state index contributed by atoms with van der Waals surface area (Å²) in [7, 11) is 6.14. The topological polar surface area (TPSA) is 339 Å². The third-order valence-electron chi connectivity index (χ3n) is 16.5. The molecule has 0 spiro atoms. The summed E-state index contributed by atoms with van der Waals surface area (Å²) in [5.41, 5.74) is 1.00. The van der Waals surface area contributed by atoms with E-state index in [-0.39, 0.29) is 71.4 Å². The fraction of sp³-hybridized carbons (Fsp3) is 0.440. The summed E-state index contributed by atoms with van der Waals surface area (Å²) >= 11 is 0. The second-order valence-electron chi connectivity index (χ2n) is 25.1. The van der Waals surface area contributed by atoms with Crippen molar-refractivity contribution in [2.45, 2.75) is 142 Å². The van der Waals surface area contributed by atoms with Crippen LogP contribution < -0.4 is 29.6 Å². The molecule has 0 radical (unpaired) electrons. The molecule has 0 unspecified atom stereocenters. The summed E-state index contributed by atoms with van der Waals surface area (Å²) < 4.78 is 48.8. The molecule has 544 valence electrons. The van der Waals surface area contributed by atoms with E-state index in [2.05, 4.69) is 30.4 Å². The average Bonchev–Trinajstić information content (AvgIpc) is 0.810. The molecule has 0 saturated carbocycles. The summed E-state index contributed by atoms with van der Waals surface area (Å²) in [6, 6.07) is 22.4. The third kappa shape index (κ3) is 24.9. The SMILES string of the molecule is C=CC(=O)OCC(C)(C)C(=O)C(=O)N1CCCC[C@H]1C(=O)O[C@H](CCc1ccc(OC)c(OC)c1)c1cccc(NC(=O)CCC(=O)O)c1.C=CCOC(=O)CCC(=O)Nc1cccc([C@@H](CCc2ccc(OC)c(OC)c2)OC(=O)[C@@H]2CCCCN2C(=O)C(=O)C(C)(C)COC(=O)C=C)c1. The Labute approximate surface area is 588 Å². The highest BCUT2D eigenvalue weighted by molar-refractivity contribution is 6.39. The molecular formula is C75H92N4O22. The third-order valence-corrected chi connectivity index (χ3v) is 16.5. The smallest absolute Gasteiger partial charge is 0.330 e. The summed E-state index contributed by atoms with van der Waals surface area (Å²) in [6.07, 6.45) is 5.48. The Morgan fingerprint density at radius 1 is 0.525 bits per heavy atom. The number of anilines is 2. The number of likely N-dealkylation sites (tertiary alicyclic amines) is 2. The largest absolute Gasteiger partial charge is 0.493 e. The molecule has 2 fully saturated rings. The fourth-order valence-electron chi connectivity index (χ4n) is 10.9. The summed E-state index contributed by atoms with van der Waals surface area (Å²) in [5, 5.41) is 14.4. The maximum absolute atomic E-state index is 13.9. The molecule has 101 heavy (non-hydrogen) atoms. The Bertz CT molecular complexity index is 3650. The Balaban J connectivity index is 0.000000364. The number of carbonyl (C=O) groups is 12. The van der Waals surface area contributed by atoms with Gasteiger partial charge in [0.1, 0.15) is 44.1 Å². The van der Waals surface area contributed by atoms with Gasteiger partial charge >= 0.3 is 35.8 Å². The number of nitrogens with zero attached hydrogens (tertiary/aromatic N) is 2. The molecule has 3 N–H and O–H groups in total. The number of hydrogen-bond acceptors (Lipinski definition) is 21. The number of piperidine rings is 2. The van der Waals surface area contributed by atoms with E-state index in [4.69, 9.17) is 47.7 Å². The number of hydrogen-bond donors (Lipinski definition) is 3. The normalized spacial score (nSPS) is 14.8. The van der Waals surface area contributed by atoms with Crippen LogP contribution in [-0.4, -0.2) is 159 Å². The number of ketones is 2. The van der Waals surface area contributed by atoms with Crippen LogP contribution in [0.3, 0.4) is 0 Å². The number of esters is 5. The molecule has 4 amide bonds. The number of carboxylic acids is 1. The highest BCUT2D eigenvalue weighted by atomic mass is 16.6. The number of carboxylic acid groups (broad SMARTS) is 1. The van der Waals surface area contributed by atoms with Crippen LogP contribution in [0, 0.1) is 10.8 Å². The lowest BCUT2D eigenvalue weighted by molar-refractivity contribution is -0.165. The molecule has 2 heterocycles. The molecule has 26 nitrogen and oxygen atoms in total. The molecule has 26 heteroatoms. The van der Waals surface area contributed by atoms with Crippen molar-refractivity contribution in [3.8, 4) is 23.0 Å². The Morgan fingerprint density at radius 3 is 1.31 bits per heavy atom. The van der Waals surface area contributed by atoms with Gasteiger partial charge in [-0.3, -0.25) is 38.4 Å². The van der Waals surface area contributed by atoms with Gasteiger partial charge in [0.25, 0.3) is 11.8 Å². The first-order chi connectivity index (χ1) is 48.1. The minimum Gasteiger partial charge on any atom is -0.493 e. The molecule has 4 aromatic rings. The zero-order chi connectivity index (χ0) is 74.4. The first kappa shape index (κ1) is 81.0. The van der Waals surface area contributed by atoms with Gasteiger partial charge in [-0.1, -0.05) is 62.2 Å². The lowest BCUT2D eigenvalue weighted by atomic mass is 9.87. The second-order valence-corrected chi connectivity index (χ2v) is 25.1. The highest BCUT2D eigenvalue weighted by Crippen LogP contribution is 2.35. The number of benzene rings is 4. The molecule has 2 aliphatic heterocycles. The molecule has 2 aliphatic rings. The van der Waals surface area contributed by atoms with Crippen molar-refractivity contribution in [3.05, 3.63) is 145 Å². The van der Waals surface area contributed by atoms with E-state index < -0.39 is 106 Å². The molecule has 2 saturated heterocycles. The summed E-state index contributed by atoms with van der Waals surface area (Å²) in [6.45, 7) is 15.8. The minimum absolute atomic E-state index is 0.0558. The maximum atomic E-state index is 13.9. The van der Waals surface area contributed by atoms with Gasteiger partial charge in [0.05, 0.1) is 52.1 Å². The van der Waals surface area contributed by atoms with Gasteiger partial charge in [-0.05, 0) is 163 Å². The van der Waals surface area contributed by atoms with Crippen molar-refractivity contribution in [3.63, 3.8) is 0 Å². The van der Waals surface area contributed by atoms with Crippen molar-refractivity contribution in [2.24, 2.45) is 10.8 Å². The monoisotopic (exact) mass is 1400 g/mol. The molecule has 0 bridgehead atoms. The number of rotatable bonds is 36. The van der Waals surface area contributed by atoms with Crippen molar-refractivity contribution in [2.75, 3.05) is 72.0 Å². The Hall–Kier alpha value is -10.7. The van der Waals surface area contributed by atoms with Crippen LogP contribution in [0.5, 0.6) is 23.0 Å². The maximum Gasteiger partial charge on any atom is 0.330 e. The van der Waals surface area contributed by atoms with Gasteiger partial charge in [-0.15, -0.1) is 0 Å². The van der Waals surface area contributed by atoms with Crippen molar-refractivity contribution in [1.82, 2.24) is 9.80 Å². The number of nitrogens with one attached hydrogen (secondary N) is 2. The average molecular weight is 1400 g/mol. The van der Waals surface area contributed by atoms with Gasteiger partial charge < -0.3 is 68.2 Å². The van der Waals surface area contributed by atoms with E-state index in [0.717, 1.165) is 23.3 Å². The first-order valence-electron chi connectivity index (χ1n) is 33.0. The zero-order valence-corrected chi connectivity index (χ0v) is 58.6. The van der Waals surface area contributed by atoms with Gasteiger partial charge in [0.2, 0.25) is 23.4 Å². The molecule has 0 aliphatic carbocycles. The summed E-state index contributed by atoms with van der Waals surface area (Å²) in [5.74, 6) is -6.48. The van der Waals surface area contributed by atoms with Crippen molar-refractivity contribution >= 4 is 82.4 Å². The number of aliphatic carboxylic acids is 1. The van der Waals surface area contributed by atoms with Crippen molar-refractivity contribution < 1.29 is 105 Å².